The van der Waals surface area contributed by atoms with Gasteiger partial charge in [0.2, 0.25) is 0 Å². The fourth-order valence-electron chi connectivity index (χ4n) is 2.38. The first-order valence-corrected chi connectivity index (χ1v) is 7.42. The lowest BCUT2D eigenvalue weighted by molar-refractivity contribution is 0.143. The molecular weight excluding hydrogens is 238 g/mol. The van der Waals surface area contributed by atoms with Gasteiger partial charge in [-0.05, 0) is 46.1 Å². The summed E-state index contributed by atoms with van der Waals surface area (Å²) in [6, 6.07) is 0. The Kier molecular flexibility index (Phi) is 6.52. The average Bonchev–Trinajstić information content (AvgIpc) is 2.75. The molecule has 110 valence electrons. The molecule has 0 saturated carbocycles. The normalized spacial score (nSPS) is 14.6. The van der Waals surface area contributed by atoms with E-state index in [4.69, 9.17) is 0 Å². The lowest BCUT2D eigenvalue weighted by Gasteiger charge is -2.32. The smallest absolute Gasteiger partial charge is 0.0951 e. The number of nitrogens with zero attached hydrogens (tertiary/aromatic N) is 2. The molecule has 1 aromatic rings. The van der Waals surface area contributed by atoms with Gasteiger partial charge in [-0.1, -0.05) is 13.8 Å². The van der Waals surface area contributed by atoms with E-state index in [-0.39, 0.29) is 12.1 Å². The Morgan fingerprint density at radius 3 is 2.58 bits per heavy atom. The fourth-order valence-corrected chi connectivity index (χ4v) is 2.38. The van der Waals surface area contributed by atoms with Gasteiger partial charge in [0.15, 0.2) is 0 Å². The summed E-state index contributed by atoms with van der Waals surface area (Å²) < 4.78 is 2.20. The quantitative estimate of drug-likeness (QED) is 0.722. The molecule has 4 heteroatoms. The third-order valence-electron chi connectivity index (χ3n) is 4.13. The minimum atomic E-state index is -0.112. The van der Waals surface area contributed by atoms with Crippen molar-refractivity contribution in [2.45, 2.75) is 65.5 Å². The molecule has 1 aromatic heterocycles. The molecule has 0 aliphatic rings. The Morgan fingerprint density at radius 2 is 2.11 bits per heavy atom. The van der Waals surface area contributed by atoms with Gasteiger partial charge in [-0.15, -0.1) is 0 Å². The zero-order valence-corrected chi connectivity index (χ0v) is 12.9. The second-order valence-corrected chi connectivity index (χ2v) is 5.43. The highest BCUT2D eigenvalue weighted by Crippen LogP contribution is 2.18. The van der Waals surface area contributed by atoms with Gasteiger partial charge in [-0.3, -0.25) is 0 Å². The fraction of sp³-hybridized carbons (Fsp3) is 0.800. The SMILES string of the molecule is CCCNC(CC)(CO)CCCn1cnc(C)c1C. The van der Waals surface area contributed by atoms with Crippen LogP contribution in [0.15, 0.2) is 6.33 Å². The molecule has 1 atom stereocenters. The van der Waals surface area contributed by atoms with Crippen LogP contribution in [0.2, 0.25) is 0 Å². The van der Waals surface area contributed by atoms with Crippen LogP contribution in [0, 0.1) is 13.8 Å². The number of aliphatic hydroxyl groups excluding tert-OH is 1. The van der Waals surface area contributed by atoms with Crippen molar-refractivity contribution in [3.63, 3.8) is 0 Å². The number of aliphatic hydroxyl groups is 1. The van der Waals surface area contributed by atoms with Crippen molar-refractivity contribution < 1.29 is 5.11 Å². The Labute approximate surface area is 117 Å². The number of hydrogen-bond acceptors (Lipinski definition) is 3. The average molecular weight is 267 g/mol. The van der Waals surface area contributed by atoms with E-state index in [1.54, 1.807) is 0 Å². The first-order valence-electron chi connectivity index (χ1n) is 7.42. The summed E-state index contributed by atoms with van der Waals surface area (Å²) in [5, 5.41) is 13.2. The summed E-state index contributed by atoms with van der Waals surface area (Å²) in [5.41, 5.74) is 2.24. The number of nitrogens with one attached hydrogen (secondary N) is 1. The molecule has 4 nitrogen and oxygen atoms in total. The van der Waals surface area contributed by atoms with Gasteiger partial charge in [-0.25, -0.2) is 4.98 Å². The van der Waals surface area contributed by atoms with Crippen molar-refractivity contribution in [1.82, 2.24) is 14.9 Å². The minimum absolute atomic E-state index is 0.112. The Balaban J connectivity index is 2.50. The van der Waals surface area contributed by atoms with E-state index >= 15 is 0 Å². The van der Waals surface area contributed by atoms with Crippen LogP contribution in [-0.2, 0) is 6.54 Å². The number of aromatic nitrogens is 2. The van der Waals surface area contributed by atoms with E-state index in [9.17, 15) is 5.11 Å². The third kappa shape index (κ3) is 4.32. The summed E-state index contributed by atoms with van der Waals surface area (Å²) in [6.45, 7) is 10.6. The van der Waals surface area contributed by atoms with Crippen LogP contribution in [-0.4, -0.2) is 33.3 Å². The Morgan fingerprint density at radius 1 is 1.37 bits per heavy atom. The van der Waals surface area contributed by atoms with Crippen LogP contribution in [0.4, 0.5) is 0 Å². The summed E-state index contributed by atoms with van der Waals surface area (Å²) in [4.78, 5) is 4.32. The first kappa shape index (κ1) is 16.2. The molecule has 0 radical (unpaired) electrons. The molecule has 0 amide bonds. The van der Waals surface area contributed by atoms with Crippen LogP contribution in [0.1, 0.15) is 50.9 Å². The number of hydrogen-bond donors (Lipinski definition) is 2. The van der Waals surface area contributed by atoms with Crippen LogP contribution < -0.4 is 5.32 Å². The van der Waals surface area contributed by atoms with Gasteiger partial charge in [0.1, 0.15) is 0 Å². The molecule has 1 unspecified atom stereocenters. The van der Waals surface area contributed by atoms with Crippen molar-refractivity contribution in [3.05, 3.63) is 17.7 Å². The Bertz CT molecular complexity index is 369. The Hall–Kier alpha value is -0.870. The highest BCUT2D eigenvalue weighted by molar-refractivity contribution is 5.08. The van der Waals surface area contributed by atoms with E-state index in [1.165, 1.54) is 5.69 Å². The number of rotatable bonds is 9. The molecule has 1 rings (SSSR count). The van der Waals surface area contributed by atoms with Crippen LogP contribution in [0.3, 0.4) is 0 Å². The molecule has 0 bridgehead atoms. The van der Waals surface area contributed by atoms with Crippen LogP contribution in [0.25, 0.3) is 0 Å². The van der Waals surface area contributed by atoms with Crippen LogP contribution in [0.5, 0.6) is 0 Å². The third-order valence-corrected chi connectivity index (χ3v) is 4.13. The zero-order chi connectivity index (χ0) is 14.3. The van der Waals surface area contributed by atoms with Gasteiger partial charge in [-0.2, -0.15) is 0 Å². The lowest BCUT2D eigenvalue weighted by Crippen LogP contribution is -2.48. The molecule has 0 fully saturated rings. The van der Waals surface area contributed by atoms with Gasteiger partial charge in [0, 0.05) is 17.8 Å². The lowest BCUT2D eigenvalue weighted by atomic mass is 9.91. The van der Waals surface area contributed by atoms with Crippen molar-refractivity contribution in [1.29, 1.82) is 0 Å². The maximum atomic E-state index is 9.68. The van der Waals surface area contributed by atoms with E-state index in [2.05, 4.69) is 35.6 Å². The van der Waals surface area contributed by atoms with E-state index in [0.717, 1.165) is 44.5 Å². The van der Waals surface area contributed by atoms with E-state index in [0.29, 0.717) is 0 Å². The molecule has 0 aliphatic heterocycles. The van der Waals surface area contributed by atoms with Gasteiger partial charge >= 0.3 is 0 Å². The molecule has 19 heavy (non-hydrogen) atoms. The van der Waals surface area contributed by atoms with Crippen molar-refractivity contribution in [2.75, 3.05) is 13.2 Å². The summed E-state index contributed by atoms with van der Waals surface area (Å²) in [7, 11) is 0. The zero-order valence-electron chi connectivity index (χ0n) is 12.9. The summed E-state index contributed by atoms with van der Waals surface area (Å²) >= 11 is 0. The molecule has 2 N–H and O–H groups in total. The van der Waals surface area contributed by atoms with Crippen LogP contribution >= 0.6 is 0 Å². The number of imidazole rings is 1. The molecule has 0 saturated heterocycles. The highest BCUT2D eigenvalue weighted by atomic mass is 16.3. The van der Waals surface area contributed by atoms with Gasteiger partial charge < -0.3 is 15.0 Å². The van der Waals surface area contributed by atoms with Crippen molar-refractivity contribution in [3.8, 4) is 0 Å². The van der Waals surface area contributed by atoms with Crippen molar-refractivity contribution in [2.24, 2.45) is 0 Å². The van der Waals surface area contributed by atoms with Gasteiger partial charge in [0.25, 0.3) is 0 Å². The number of aryl methyl sites for hydroxylation is 2. The van der Waals surface area contributed by atoms with E-state index < -0.39 is 0 Å². The second-order valence-electron chi connectivity index (χ2n) is 5.43. The van der Waals surface area contributed by atoms with Crippen molar-refractivity contribution >= 4 is 0 Å². The highest BCUT2D eigenvalue weighted by Gasteiger charge is 2.25. The summed E-state index contributed by atoms with van der Waals surface area (Å²) in [5.74, 6) is 0. The standard InChI is InChI=1S/C15H29N3O/c1-5-9-17-15(6-2,11-19)8-7-10-18-12-16-13(3)14(18)4/h12,17,19H,5-11H2,1-4H3. The predicted octanol–water partition coefficient (Wildman–Crippen LogP) is 2.42. The molecule has 1 heterocycles. The molecule has 0 aliphatic carbocycles. The topological polar surface area (TPSA) is 50.1 Å². The molecular formula is C15H29N3O. The maximum Gasteiger partial charge on any atom is 0.0951 e. The molecule has 0 aromatic carbocycles. The first-order chi connectivity index (χ1) is 9.08. The summed E-state index contributed by atoms with van der Waals surface area (Å²) in [6.07, 6.45) is 6.03. The largest absolute Gasteiger partial charge is 0.394 e. The minimum Gasteiger partial charge on any atom is -0.394 e. The second kappa shape index (κ2) is 7.65. The predicted molar refractivity (Wildman–Crippen MR) is 79.3 cm³/mol. The molecule has 0 spiro atoms. The van der Waals surface area contributed by atoms with Gasteiger partial charge in [0.05, 0.1) is 18.6 Å². The monoisotopic (exact) mass is 267 g/mol. The maximum absolute atomic E-state index is 9.68. The van der Waals surface area contributed by atoms with E-state index in [1.807, 2.05) is 13.3 Å².